The normalized spacial score (nSPS) is 18.2. The summed E-state index contributed by atoms with van der Waals surface area (Å²) in [7, 11) is 0. The van der Waals surface area contributed by atoms with Crippen molar-refractivity contribution < 1.29 is 4.79 Å². The molecule has 2 aliphatic heterocycles. The number of likely N-dealkylation sites (tertiary alicyclic amines) is 1. The Kier molecular flexibility index (Phi) is 8.59. The van der Waals surface area contributed by atoms with Gasteiger partial charge in [-0.15, -0.1) is 0 Å². The Morgan fingerprint density at radius 1 is 0.878 bits per heavy atom. The summed E-state index contributed by atoms with van der Waals surface area (Å²) in [5.41, 5.74) is 6.01. The predicted molar refractivity (Wildman–Crippen MR) is 168 cm³/mol. The molecule has 0 aliphatic carbocycles. The van der Waals surface area contributed by atoms with Crippen LogP contribution in [0.25, 0.3) is 11.0 Å². The molecular formula is C34H40ClN5O. The molecule has 0 radical (unpaired) electrons. The van der Waals surface area contributed by atoms with Gasteiger partial charge in [-0.3, -0.25) is 9.69 Å². The molecule has 3 heterocycles. The van der Waals surface area contributed by atoms with Crippen molar-refractivity contribution in [2.75, 3.05) is 44.2 Å². The number of hydrogen-bond donors (Lipinski definition) is 0. The number of aryl methyl sites for hydroxylation is 1. The molecule has 0 spiro atoms. The number of rotatable bonds is 8. The van der Waals surface area contributed by atoms with E-state index in [2.05, 4.69) is 80.8 Å². The number of piperazine rings is 1. The molecule has 0 N–H and O–H groups in total. The Bertz CT molecular complexity index is 1460. The van der Waals surface area contributed by atoms with Gasteiger partial charge in [0.15, 0.2) is 0 Å². The fraction of sp³-hybridized carbons (Fsp3) is 0.412. The van der Waals surface area contributed by atoms with E-state index in [4.69, 9.17) is 16.6 Å². The summed E-state index contributed by atoms with van der Waals surface area (Å²) in [6.07, 6.45) is 4.30. The highest BCUT2D eigenvalue weighted by atomic mass is 35.5. The number of carbonyl (C=O) groups excluding carboxylic acids is 1. The Balaban J connectivity index is 1.09. The summed E-state index contributed by atoms with van der Waals surface area (Å²) < 4.78 is 2.32. The smallest absolute Gasteiger partial charge is 0.227 e. The molecule has 6 nitrogen and oxygen atoms in total. The van der Waals surface area contributed by atoms with Crippen molar-refractivity contribution in [3.63, 3.8) is 0 Å². The molecule has 214 valence electrons. The molecule has 2 saturated heterocycles. The molecule has 1 atom stereocenters. The van der Waals surface area contributed by atoms with E-state index in [1.54, 1.807) is 0 Å². The Morgan fingerprint density at radius 2 is 1.61 bits per heavy atom. The second-order valence-electron chi connectivity index (χ2n) is 11.5. The molecule has 2 fully saturated rings. The summed E-state index contributed by atoms with van der Waals surface area (Å²) in [5.74, 6) is 1.42. The van der Waals surface area contributed by atoms with Gasteiger partial charge in [0.05, 0.1) is 23.5 Å². The van der Waals surface area contributed by atoms with Crippen LogP contribution in [0.1, 0.15) is 43.1 Å². The van der Waals surface area contributed by atoms with Gasteiger partial charge in [-0.2, -0.15) is 0 Å². The molecular weight excluding hydrogens is 530 g/mol. The highest BCUT2D eigenvalue weighted by Crippen LogP contribution is 2.25. The number of nitrogens with zero attached hydrogens (tertiary/aromatic N) is 5. The molecule has 7 heteroatoms. The molecule has 41 heavy (non-hydrogen) atoms. The number of fused-ring (bicyclic) bond motifs is 1. The fourth-order valence-electron chi connectivity index (χ4n) is 6.40. The van der Waals surface area contributed by atoms with E-state index in [1.165, 1.54) is 23.2 Å². The second kappa shape index (κ2) is 12.7. The molecule has 4 aromatic rings. The molecule has 3 aromatic carbocycles. The Hall–Kier alpha value is -3.35. The minimum atomic E-state index is 0.0534. The monoisotopic (exact) mass is 569 g/mol. The van der Waals surface area contributed by atoms with Gasteiger partial charge >= 0.3 is 0 Å². The molecule has 1 amide bonds. The van der Waals surface area contributed by atoms with Gasteiger partial charge in [-0.1, -0.05) is 61.3 Å². The number of imidazole rings is 1. The highest BCUT2D eigenvalue weighted by molar-refractivity contribution is 6.30. The van der Waals surface area contributed by atoms with Gasteiger partial charge < -0.3 is 14.4 Å². The van der Waals surface area contributed by atoms with Crippen LogP contribution >= 0.6 is 11.6 Å². The number of halogens is 1. The van der Waals surface area contributed by atoms with Crippen molar-refractivity contribution in [2.24, 2.45) is 5.92 Å². The van der Waals surface area contributed by atoms with Crippen LogP contribution in [0.5, 0.6) is 0 Å². The highest BCUT2D eigenvalue weighted by Gasteiger charge is 2.31. The van der Waals surface area contributed by atoms with E-state index in [0.717, 1.165) is 93.5 Å². The van der Waals surface area contributed by atoms with Crippen molar-refractivity contribution in [3.8, 4) is 0 Å². The first-order chi connectivity index (χ1) is 20.1. The molecule has 1 aromatic heterocycles. The molecule has 0 saturated carbocycles. The number of hydrogen-bond acceptors (Lipinski definition) is 4. The molecule has 6 rings (SSSR count). The van der Waals surface area contributed by atoms with Crippen LogP contribution in [0, 0.1) is 5.92 Å². The van der Waals surface area contributed by atoms with Crippen molar-refractivity contribution in [1.29, 1.82) is 0 Å². The number of para-hydroxylation sites is 2. The predicted octanol–water partition coefficient (Wildman–Crippen LogP) is 6.25. The number of piperidine rings is 1. The summed E-state index contributed by atoms with van der Waals surface area (Å²) in [6.45, 7) is 8.87. The first-order valence-corrected chi connectivity index (χ1v) is 15.5. The maximum Gasteiger partial charge on any atom is 0.227 e. The van der Waals surface area contributed by atoms with Gasteiger partial charge in [-0.05, 0) is 73.3 Å². The van der Waals surface area contributed by atoms with Crippen LogP contribution in [0.3, 0.4) is 0 Å². The lowest BCUT2D eigenvalue weighted by Crippen LogP contribution is -2.52. The summed E-state index contributed by atoms with van der Waals surface area (Å²) in [5, 5.41) is 0.746. The van der Waals surface area contributed by atoms with E-state index in [1.807, 2.05) is 18.2 Å². The first-order valence-electron chi connectivity index (χ1n) is 15.1. The van der Waals surface area contributed by atoms with E-state index in [0.29, 0.717) is 5.91 Å². The van der Waals surface area contributed by atoms with E-state index in [-0.39, 0.29) is 5.92 Å². The van der Waals surface area contributed by atoms with Crippen LogP contribution in [0.4, 0.5) is 5.69 Å². The Morgan fingerprint density at radius 3 is 2.37 bits per heavy atom. The second-order valence-corrected chi connectivity index (χ2v) is 12.0. The summed E-state index contributed by atoms with van der Waals surface area (Å²) >= 11 is 6.13. The van der Waals surface area contributed by atoms with Crippen molar-refractivity contribution >= 4 is 34.2 Å². The van der Waals surface area contributed by atoms with Gasteiger partial charge in [0.25, 0.3) is 0 Å². The number of aromatic nitrogens is 2. The van der Waals surface area contributed by atoms with E-state index < -0.39 is 0 Å². The van der Waals surface area contributed by atoms with Crippen molar-refractivity contribution in [3.05, 3.63) is 94.8 Å². The third-order valence-electron chi connectivity index (χ3n) is 8.64. The van der Waals surface area contributed by atoms with Crippen LogP contribution in [-0.2, 0) is 24.3 Å². The zero-order chi connectivity index (χ0) is 28.2. The van der Waals surface area contributed by atoms with Crippen molar-refractivity contribution in [2.45, 2.75) is 45.7 Å². The lowest BCUT2D eigenvalue weighted by atomic mass is 9.96. The van der Waals surface area contributed by atoms with E-state index >= 15 is 0 Å². The zero-order valence-corrected chi connectivity index (χ0v) is 24.8. The number of benzene rings is 3. The van der Waals surface area contributed by atoms with Crippen LogP contribution < -0.4 is 4.90 Å². The maximum atomic E-state index is 13.6. The van der Waals surface area contributed by atoms with E-state index in [9.17, 15) is 4.79 Å². The lowest BCUT2D eigenvalue weighted by Gasteiger charge is -2.39. The minimum absolute atomic E-state index is 0.0534. The largest absolute Gasteiger partial charge is 0.368 e. The van der Waals surface area contributed by atoms with Crippen molar-refractivity contribution in [1.82, 2.24) is 19.4 Å². The Labute approximate surface area is 248 Å². The topological polar surface area (TPSA) is 44.6 Å². The van der Waals surface area contributed by atoms with Crippen LogP contribution in [-0.4, -0.2) is 64.5 Å². The number of anilines is 1. The number of amides is 1. The summed E-state index contributed by atoms with van der Waals surface area (Å²) in [4.78, 5) is 25.6. The van der Waals surface area contributed by atoms with Gasteiger partial charge in [-0.25, -0.2) is 4.98 Å². The lowest BCUT2D eigenvalue weighted by molar-refractivity contribution is -0.137. The number of carbonyl (C=O) groups is 1. The zero-order valence-electron chi connectivity index (χ0n) is 24.0. The van der Waals surface area contributed by atoms with Gasteiger partial charge in [0.1, 0.15) is 5.82 Å². The maximum absolute atomic E-state index is 13.6. The first kappa shape index (κ1) is 27.8. The summed E-state index contributed by atoms with van der Waals surface area (Å²) in [6, 6.07) is 25.4. The third kappa shape index (κ3) is 6.44. The van der Waals surface area contributed by atoms with Gasteiger partial charge in [0.2, 0.25) is 5.91 Å². The SMILES string of the molecule is CCCc1ccc(N2CCN(C(=O)[C@H]3CCCN(Cc4nc5ccccc5n4Cc4ccc(Cl)cc4)C3)CC2)cc1. The molecule has 0 bridgehead atoms. The minimum Gasteiger partial charge on any atom is -0.368 e. The average molecular weight is 570 g/mol. The third-order valence-corrected chi connectivity index (χ3v) is 8.89. The molecule has 0 unspecified atom stereocenters. The fourth-order valence-corrected chi connectivity index (χ4v) is 6.53. The van der Waals surface area contributed by atoms with Gasteiger partial charge in [0, 0.05) is 50.0 Å². The van der Waals surface area contributed by atoms with Crippen LogP contribution in [0.15, 0.2) is 72.8 Å². The van der Waals surface area contributed by atoms with Crippen LogP contribution in [0.2, 0.25) is 5.02 Å². The standard InChI is InChI=1S/C34H40ClN5O/c1-2-6-26-12-16-30(17-13-26)38-19-21-39(22-20-38)34(41)28-7-5-18-37(24-28)25-33-36-31-8-3-4-9-32(31)40(33)23-27-10-14-29(35)15-11-27/h3-4,8-17,28H,2,5-7,18-25H2,1H3/t28-/m0/s1. The molecule has 2 aliphatic rings. The quantitative estimate of drug-likeness (QED) is 0.251. The average Bonchev–Trinajstić information content (AvgIpc) is 3.35.